The molecule has 0 spiro atoms. The third kappa shape index (κ3) is 3.48. The van der Waals surface area contributed by atoms with Gasteiger partial charge in [-0.2, -0.15) is 6.08 Å². The number of rotatable bonds is 1. The van der Waals surface area contributed by atoms with Crippen molar-refractivity contribution in [2.24, 2.45) is 0 Å². The SMILES string of the molecule is [CH-]=C/C=C/C. The van der Waals surface area contributed by atoms with Gasteiger partial charge in [-0.25, -0.2) is 12.2 Å². The van der Waals surface area contributed by atoms with Gasteiger partial charge in [0.2, 0.25) is 0 Å². The van der Waals surface area contributed by atoms with E-state index < -0.39 is 0 Å². The van der Waals surface area contributed by atoms with E-state index in [2.05, 4.69) is 0 Å². The fourth-order valence-corrected chi connectivity index (χ4v) is 0.111. The molecule has 0 radical (unpaired) electrons. The molecule has 0 nitrogen and oxygen atoms in total. The molecule has 0 N–H and O–H groups in total. The Morgan fingerprint density at radius 2 is 2.20 bits per heavy atom. The lowest BCUT2D eigenvalue weighted by atomic mass is 10.5. The largest absolute Gasteiger partial charge is 0.293 e. The standard InChI is InChI=1S/C5H7/c1-3-5-4-2/h1,3-5H,2H3/q-1/b5-4+. The van der Waals surface area contributed by atoms with Gasteiger partial charge in [-0.1, -0.05) is 6.92 Å². The predicted molar refractivity (Wildman–Crippen MR) is 23.7 cm³/mol. The monoisotopic (exact) mass is 67.1 g/mol. The summed E-state index contributed by atoms with van der Waals surface area (Å²) in [5, 5.41) is 0. The summed E-state index contributed by atoms with van der Waals surface area (Å²) in [5.41, 5.74) is 0. The molecule has 0 aromatic rings. The highest BCUT2D eigenvalue weighted by Gasteiger charge is 1.30. The molecule has 0 unspecified atom stereocenters. The van der Waals surface area contributed by atoms with Crippen molar-refractivity contribution >= 4 is 0 Å². The molecule has 0 amide bonds. The predicted octanol–water partition coefficient (Wildman–Crippen LogP) is 1.55. The summed E-state index contributed by atoms with van der Waals surface area (Å²) in [4.78, 5) is 0. The van der Waals surface area contributed by atoms with Crippen LogP contribution < -0.4 is 0 Å². The lowest BCUT2D eigenvalue weighted by Crippen LogP contribution is -1.34. The third-order valence-corrected chi connectivity index (χ3v) is 0.304. The molecule has 0 aromatic heterocycles. The highest BCUT2D eigenvalue weighted by atomic mass is 13.5. The van der Waals surface area contributed by atoms with E-state index in [1.54, 1.807) is 6.08 Å². The minimum absolute atomic E-state index is 1.50. The van der Waals surface area contributed by atoms with Gasteiger partial charge in [0.1, 0.15) is 0 Å². The van der Waals surface area contributed by atoms with Crippen molar-refractivity contribution in [2.75, 3.05) is 0 Å². The average molecular weight is 67.1 g/mol. The van der Waals surface area contributed by atoms with Crippen LogP contribution in [0.15, 0.2) is 18.2 Å². The van der Waals surface area contributed by atoms with Crippen LogP contribution in [-0.2, 0) is 0 Å². The lowest BCUT2D eigenvalue weighted by molar-refractivity contribution is 1.74. The van der Waals surface area contributed by atoms with Crippen molar-refractivity contribution in [1.82, 2.24) is 0 Å². The summed E-state index contributed by atoms with van der Waals surface area (Å²) in [6.45, 7) is 6.85. The van der Waals surface area contributed by atoms with Gasteiger partial charge in [-0.05, 0) is 0 Å². The van der Waals surface area contributed by atoms with Gasteiger partial charge >= 0.3 is 0 Å². The second-order valence-electron chi connectivity index (χ2n) is 0.718. The summed E-state index contributed by atoms with van der Waals surface area (Å²) in [7, 11) is 0. The van der Waals surface area contributed by atoms with Crippen LogP contribution in [0.5, 0.6) is 0 Å². The van der Waals surface area contributed by atoms with Crippen LogP contribution in [-0.4, -0.2) is 0 Å². The Bertz CT molecular complexity index is 42.0. The van der Waals surface area contributed by atoms with Crippen molar-refractivity contribution < 1.29 is 0 Å². The molecule has 0 aliphatic rings. The van der Waals surface area contributed by atoms with E-state index in [1.807, 2.05) is 13.0 Å². The molecule has 0 aliphatic heterocycles. The molecule has 0 saturated heterocycles. The maximum absolute atomic E-state index is 4.93. The first kappa shape index (κ1) is 4.48. The van der Waals surface area contributed by atoms with Crippen molar-refractivity contribution in [3.63, 3.8) is 0 Å². The molecule has 0 heterocycles. The van der Waals surface area contributed by atoms with Crippen LogP contribution in [0, 0.1) is 6.58 Å². The summed E-state index contributed by atoms with van der Waals surface area (Å²) in [6, 6.07) is 0. The van der Waals surface area contributed by atoms with Gasteiger partial charge < -0.3 is 0 Å². The minimum Gasteiger partial charge on any atom is -0.293 e. The van der Waals surface area contributed by atoms with Crippen LogP contribution in [0.2, 0.25) is 0 Å². The van der Waals surface area contributed by atoms with Crippen LogP contribution in [0.1, 0.15) is 6.92 Å². The average Bonchev–Trinajstić information content (AvgIpc) is 1.41. The number of hydrogen-bond donors (Lipinski definition) is 0. The van der Waals surface area contributed by atoms with E-state index >= 15 is 0 Å². The van der Waals surface area contributed by atoms with Gasteiger partial charge in [0.15, 0.2) is 0 Å². The maximum atomic E-state index is 4.93. The quantitative estimate of drug-likeness (QED) is 0.322. The zero-order valence-corrected chi connectivity index (χ0v) is 3.31. The van der Waals surface area contributed by atoms with E-state index in [1.165, 1.54) is 6.08 Å². The van der Waals surface area contributed by atoms with Crippen molar-refractivity contribution in [1.29, 1.82) is 0 Å². The van der Waals surface area contributed by atoms with E-state index in [0.717, 1.165) is 0 Å². The number of allylic oxidation sites excluding steroid dienone is 3. The molecule has 0 atom stereocenters. The molecule has 0 rings (SSSR count). The highest BCUT2D eigenvalue weighted by Crippen LogP contribution is 1.64. The van der Waals surface area contributed by atoms with Gasteiger partial charge in [0.05, 0.1) is 0 Å². The van der Waals surface area contributed by atoms with Crippen LogP contribution in [0.25, 0.3) is 0 Å². The third-order valence-electron chi connectivity index (χ3n) is 0.304. The molecule has 0 saturated carbocycles. The van der Waals surface area contributed by atoms with Gasteiger partial charge in [0, 0.05) is 0 Å². The van der Waals surface area contributed by atoms with Crippen LogP contribution in [0.3, 0.4) is 0 Å². The van der Waals surface area contributed by atoms with Crippen molar-refractivity contribution in [3.05, 3.63) is 24.8 Å². The normalized spacial score (nSPS) is 9.00. The second kappa shape index (κ2) is 3.48. The summed E-state index contributed by atoms with van der Waals surface area (Å²) < 4.78 is 0. The zero-order valence-electron chi connectivity index (χ0n) is 3.31. The molecule has 0 aromatic carbocycles. The van der Waals surface area contributed by atoms with Crippen molar-refractivity contribution in [3.8, 4) is 0 Å². The summed E-state index contributed by atoms with van der Waals surface area (Å²) >= 11 is 0. The van der Waals surface area contributed by atoms with Gasteiger partial charge in [-0.3, -0.25) is 6.58 Å². The van der Waals surface area contributed by atoms with E-state index in [0.29, 0.717) is 0 Å². The Hall–Kier alpha value is -0.520. The molecule has 0 bridgehead atoms. The Kier molecular flexibility index (Phi) is 3.12. The topological polar surface area (TPSA) is 0 Å². The first-order valence-electron chi connectivity index (χ1n) is 1.58. The van der Waals surface area contributed by atoms with Crippen LogP contribution >= 0.6 is 0 Å². The second-order valence-corrected chi connectivity index (χ2v) is 0.718. The molecule has 28 valence electrons. The first-order chi connectivity index (χ1) is 2.41. The minimum atomic E-state index is 1.50. The highest BCUT2D eigenvalue weighted by molar-refractivity contribution is 4.92. The Morgan fingerprint density at radius 3 is 2.20 bits per heavy atom. The van der Waals surface area contributed by atoms with E-state index in [-0.39, 0.29) is 0 Å². The summed E-state index contributed by atoms with van der Waals surface area (Å²) in [5.74, 6) is 0. The van der Waals surface area contributed by atoms with Gasteiger partial charge in [-0.15, -0.1) is 0 Å². The van der Waals surface area contributed by atoms with E-state index in [9.17, 15) is 0 Å². The Labute approximate surface area is 32.8 Å². The lowest BCUT2D eigenvalue weighted by Gasteiger charge is -1.69. The molecule has 0 fully saturated rings. The first-order valence-corrected chi connectivity index (χ1v) is 1.58. The molecule has 0 heteroatoms. The van der Waals surface area contributed by atoms with Gasteiger partial charge in [0.25, 0.3) is 0 Å². The molecular weight excluding hydrogens is 60.1 g/mol. The van der Waals surface area contributed by atoms with Crippen molar-refractivity contribution in [2.45, 2.75) is 6.92 Å². The fraction of sp³-hybridized carbons (Fsp3) is 0.200. The zero-order chi connectivity index (χ0) is 4.12. The maximum Gasteiger partial charge on any atom is -0.0633 e. The van der Waals surface area contributed by atoms with E-state index in [4.69, 9.17) is 6.58 Å². The smallest absolute Gasteiger partial charge is 0.0633 e. The molecule has 0 aliphatic carbocycles. The molecule has 5 heavy (non-hydrogen) atoms. The molecular formula is C5H7-. The Balaban J connectivity index is 2.92. The number of hydrogen-bond acceptors (Lipinski definition) is 0. The Morgan fingerprint density at radius 1 is 1.60 bits per heavy atom. The summed E-state index contributed by atoms with van der Waals surface area (Å²) in [6.07, 6.45) is 5.15. The fourth-order valence-electron chi connectivity index (χ4n) is 0.111. The van der Waals surface area contributed by atoms with Crippen LogP contribution in [0.4, 0.5) is 0 Å².